The van der Waals surface area contributed by atoms with Crippen molar-refractivity contribution in [2.45, 2.75) is 51.1 Å². The molecule has 0 radical (unpaired) electrons. The number of carbonyl (C=O) groups is 1. The number of carbonyl (C=O) groups excluding carboxylic acids is 1. The zero-order chi connectivity index (χ0) is 25.6. The average Bonchev–Trinajstić information content (AvgIpc) is 3.30. The van der Waals surface area contributed by atoms with Gasteiger partial charge in [0.2, 0.25) is 0 Å². The van der Waals surface area contributed by atoms with Crippen LogP contribution in [0.1, 0.15) is 65.0 Å². The van der Waals surface area contributed by atoms with E-state index in [1.54, 1.807) is 7.11 Å². The molecular formula is C31H33N3O2S. The maximum atomic E-state index is 13.5. The molecule has 3 heterocycles. The van der Waals surface area contributed by atoms with Crippen molar-refractivity contribution in [1.82, 2.24) is 15.2 Å². The number of thiophene rings is 1. The molecular weight excluding hydrogens is 478 g/mol. The zero-order valence-electron chi connectivity index (χ0n) is 21.7. The maximum absolute atomic E-state index is 13.5. The highest BCUT2D eigenvalue weighted by Crippen LogP contribution is 2.49. The van der Waals surface area contributed by atoms with Crippen LogP contribution in [0.15, 0.2) is 60.8 Å². The molecule has 190 valence electrons. The number of pyridine rings is 1. The van der Waals surface area contributed by atoms with Gasteiger partial charge in [-0.05, 0) is 112 Å². The van der Waals surface area contributed by atoms with Crippen LogP contribution in [-0.4, -0.2) is 36.0 Å². The van der Waals surface area contributed by atoms with Crippen LogP contribution in [0.4, 0.5) is 0 Å². The second kappa shape index (κ2) is 9.58. The molecule has 1 saturated heterocycles. The smallest absolute Gasteiger partial charge is 0.252 e. The molecule has 1 atom stereocenters. The second-order valence-corrected chi connectivity index (χ2v) is 11.5. The molecule has 2 aromatic carbocycles. The Labute approximate surface area is 222 Å². The summed E-state index contributed by atoms with van der Waals surface area (Å²) in [5.74, 6) is 0.628. The minimum Gasteiger partial charge on any atom is -0.497 e. The molecule has 1 N–H and O–H groups in total. The van der Waals surface area contributed by atoms with Crippen LogP contribution in [-0.2, 0) is 5.54 Å². The number of aromatic nitrogens is 1. The van der Waals surface area contributed by atoms with Crippen LogP contribution < -0.4 is 10.1 Å². The number of aryl methyl sites for hydroxylation is 1. The van der Waals surface area contributed by atoms with E-state index in [1.165, 1.54) is 41.2 Å². The molecule has 37 heavy (non-hydrogen) atoms. The summed E-state index contributed by atoms with van der Waals surface area (Å²) < 4.78 is 5.37. The Morgan fingerprint density at radius 3 is 2.68 bits per heavy atom. The van der Waals surface area contributed by atoms with Crippen molar-refractivity contribution in [2.75, 3.05) is 20.2 Å². The first-order chi connectivity index (χ1) is 18.0. The molecule has 5 nitrogen and oxygen atoms in total. The number of nitrogens with zero attached hydrogens (tertiary/aromatic N) is 2. The minimum absolute atomic E-state index is 0.0609. The third kappa shape index (κ3) is 4.53. The fraction of sp³-hybridized carbons (Fsp3) is 0.355. The van der Waals surface area contributed by atoms with Gasteiger partial charge in [0, 0.05) is 32.9 Å². The van der Waals surface area contributed by atoms with Gasteiger partial charge in [0.05, 0.1) is 18.2 Å². The third-order valence-corrected chi connectivity index (χ3v) is 9.34. The zero-order valence-corrected chi connectivity index (χ0v) is 22.5. The summed E-state index contributed by atoms with van der Waals surface area (Å²) in [7, 11) is 1.63. The van der Waals surface area contributed by atoms with E-state index in [2.05, 4.69) is 47.5 Å². The van der Waals surface area contributed by atoms with Gasteiger partial charge in [0.25, 0.3) is 5.91 Å². The monoisotopic (exact) mass is 511 g/mol. The molecule has 1 saturated carbocycles. The first kappa shape index (κ1) is 24.1. The van der Waals surface area contributed by atoms with E-state index >= 15 is 0 Å². The lowest BCUT2D eigenvalue weighted by Crippen LogP contribution is -2.35. The molecule has 1 aliphatic heterocycles. The van der Waals surface area contributed by atoms with Crippen molar-refractivity contribution in [3.8, 4) is 16.2 Å². The molecule has 6 heteroatoms. The molecule has 1 aliphatic carbocycles. The fourth-order valence-corrected chi connectivity index (χ4v) is 6.69. The molecule has 2 aromatic heterocycles. The normalized spacial score (nSPS) is 17.6. The number of fused-ring (bicyclic) bond motifs is 1. The van der Waals surface area contributed by atoms with E-state index in [0.717, 1.165) is 34.9 Å². The van der Waals surface area contributed by atoms with Crippen LogP contribution in [0.3, 0.4) is 0 Å². The lowest BCUT2D eigenvalue weighted by Gasteiger charge is -2.22. The molecule has 0 bridgehead atoms. The molecule has 1 unspecified atom stereocenters. The summed E-state index contributed by atoms with van der Waals surface area (Å²) >= 11 is 1.88. The van der Waals surface area contributed by atoms with Crippen LogP contribution in [0.25, 0.3) is 21.3 Å². The summed E-state index contributed by atoms with van der Waals surface area (Å²) in [6.07, 6.45) is 6.27. The summed E-state index contributed by atoms with van der Waals surface area (Å²) in [4.78, 5) is 23.4. The lowest BCUT2D eigenvalue weighted by molar-refractivity contribution is 0.0930. The quantitative estimate of drug-likeness (QED) is 0.295. The van der Waals surface area contributed by atoms with Crippen molar-refractivity contribution >= 4 is 28.1 Å². The molecule has 6 rings (SSSR count). The Kier molecular flexibility index (Phi) is 6.25. The number of amides is 1. The van der Waals surface area contributed by atoms with Crippen molar-refractivity contribution in [3.63, 3.8) is 0 Å². The number of methoxy groups -OCH3 is 1. The Morgan fingerprint density at radius 2 is 1.92 bits per heavy atom. The lowest BCUT2D eigenvalue weighted by atomic mass is 9.95. The van der Waals surface area contributed by atoms with E-state index in [9.17, 15) is 4.79 Å². The number of hydrogen-bond acceptors (Lipinski definition) is 5. The van der Waals surface area contributed by atoms with Crippen molar-refractivity contribution in [1.29, 1.82) is 0 Å². The second-order valence-electron chi connectivity index (χ2n) is 10.4. The molecule has 4 aromatic rings. The van der Waals surface area contributed by atoms with Gasteiger partial charge in [-0.3, -0.25) is 14.7 Å². The number of hydrogen-bond donors (Lipinski definition) is 1. The van der Waals surface area contributed by atoms with Crippen LogP contribution >= 0.6 is 11.3 Å². The Balaban J connectivity index is 1.36. The van der Waals surface area contributed by atoms with Gasteiger partial charge in [-0.15, -0.1) is 11.3 Å². The van der Waals surface area contributed by atoms with E-state index < -0.39 is 0 Å². The van der Waals surface area contributed by atoms with Crippen LogP contribution in [0.5, 0.6) is 5.75 Å². The minimum atomic E-state index is -0.382. The standard InChI is InChI=1S/C31H33N3O2S/c1-20-8-9-23(36-3)19-25(20)30(35)33-31(12-13-31)26-17-22(18-27-24(26)7-6-14-32-27)29-11-10-28(37-29)21(2)34-15-4-5-16-34/h6-11,14,17-19,21H,4-5,12-13,15-16H2,1-3H3,(H,33,35). The number of ether oxygens (including phenoxy) is 1. The van der Waals surface area contributed by atoms with Gasteiger partial charge in [-0.2, -0.15) is 0 Å². The van der Waals surface area contributed by atoms with Gasteiger partial charge in [0.1, 0.15) is 5.75 Å². The third-order valence-electron chi connectivity index (χ3n) is 8.04. The van der Waals surface area contributed by atoms with E-state index in [1.807, 2.05) is 48.7 Å². The highest BCUT2D eigenvalue weighted by Gasteiger charge is 2.47. The highest BCUT2D eigenvalue weighted by molar-refractivity contribution is 7.15. The first-order valence-corrected chi connectivity index (χ1v) is 14.0. The van der Waals surface area contributed by atoms with Gasteiger partial charge in [-0.1, -0.05) is 12.1 Å². The summed E-state index contributed by atoms with van der Waals surface area (Å²) in [6.45, 7) is 6.66. The van der Waals surface area contributed by atoms with E-state index in [4.69, 9.17) is 9.72 Å². The molecule has 0 spiro atoms. The predicted molar refractivity (Wildman–Crippen MR) is 150 cm³/mol. The Bertz CT molecular complexity index is 1470. The molecule has 2 aliphatic rings. The Morgan fingerprint density at radius 1 is 1.11 bits per heavy atom. The number of rotatable bonds is 7. The summed E-state index contributed by atoms with van der Waals surface area (Å²) in [5, 5.41) is 4.50. The largest absolute Gasteiger partial charge is 0.497 e. The van der Waals surface area contributed by atoms with Crippen LogP contribution in [0.2, 0.25) is 0 Å². The van der Waals surface area contributed by atoms with Gasteiger partial charge in [-0.25, -0.2) is 0 Å². The topological polar surface area (TPSA) is 54.5 Å². The van der Waals surface area contributed by atoms with E-state index in [0.29, 0.717) is 17.4 Å². The van der Waals surface area contributed by atoms with Crippen LogP contribution in [0, 0.1) is 6.92 Å². The number of benzene rings is 2. The summed E-state index contributed by atoms with van der Waals surface area (Å²) in [5.41, 5.74) is 4.51. The number of nitrogens with one attached hydrogen (secondary N) is 1. The van der Waals surface area contributed by atoms with Gasteiger partial charge in [0.15, 0.2) is 0 Å². The first-order valence-electron chi connectivity index (χ1n) is 13.2. The van der Waals surface area contributed by atoms with Crippen molar-refractivity contribution in [3.05, 3.63) is 82.4 Å². The Hall–Kier alpha value is -3.22. The molecule has 2 fully saturated rings. The fourth-order valence-electron chi connectivity index (χ4n) is 5.61. The van der Waals surface area contributed by atoms with Crippen molar-refractivity contribution in [2.24, 2.45) is 0 Å². The number of likely N-dealkylation sites (tertiary alicyclic amines) is 1. The molecule has 1 amide bonds. The van der Waals surface area contributed by atoms with Gasteiger partial charge >= 0.3 is 0 Å². The SMILES string of the molecule is COc1ccc(C)c(C(=O)NC2(c3cc(-c4ccc(C(C)N5CCCC5)s4)cc4ncccc34)CC2)c1. The predicted octanol–water partition coefficient (Wildman–Crippen LogP) is 6.86. The highest BCUT2D eigenvalue weighted by atomic mass is 32.1. The average molecular weight is 512 g/mol. The van der Waals surface area contributed by atoms with Crippen molar-refractivity contribution < 1.29 is 9.53 Å². The maximum Gasteiger partial charge on any atom is 0.252 e. The summed E-state index contributed by atoms with van der Waals surface area (Å²) in [6, 6.07) is 19.2. The van der Waals surface area contributed by atoms with E-state index in [-0.39, 0.29) is 11.4 Å². The van der Waals surface area contributed by atoms with Gasteiger partial charge < -0.3 is 10.1 Å².